The molecule has 0 saturated carbocycles. The van der Waals surface area contributed by atoms with Gasteiger partial charge in [0.2, 0.25) is 8.32 Å². The van der Waals surface area contributed by atoms with Crippen LogP contribution in [0.5, 0.6) is 0 Å². The molecule has 1 fully saturated rings. The number of aliphatic imine (C=N–C) groups is 1. The molecule has 0 aromatic heterocycles. The number of amidine groups is 1. The monoisotopic (exact) mass is 417 g/mol. The lowest BCUT2D eigenvalue weighted by Crippen LogP contribution is -2.47. The molecule has 0 spiro atoms. The molecule has 1 atom stereocenters. The molecule has 5 nitrogen and oxygen atoms in total. The summed E-state index contributed by atoms with van der Waals surface area (Å²) in [4.78, 5) is 6.85. The minimum atomic E-state index is -1.94. The average Bonchev–Trinajstić information content (AvgIpc) is 3.07. The number of halogens is 1. The zero-order chi connectivity index (χ0) is 20.9. The van der Waals surface area contributed by atoms with Crippen LogP contribution in [-0.2, 0) is 9.16 Å². The Hall–Kier alpha value is -1.97. The van der Waals surface area contributed by atoms with Crippen molar-refractivity contribution in [1.82, 2.24) is 4.90 Å². The van der Waals surface area contributed by atoms with E-state index in [1.54, 1.807) is 6.07 Å². The zero-order valence-corrected chi connectivity index (χ0v) is 19.4. The Labute approximate surface area is 173 Å². The van der Waals surface area contributed by atoms with Crippen LogP contribution in [-0.4, -0.2) is 37.9 Å². The number of benzene rings is 1. The lowest BCUT2D eigenvalue weighted by atomic mass is 10.0. The molecule has 2 aliphatic rings. The number of fused-ring (bicyclic) bond motifs is 1. The summed E-state index contributed by atoms with van der Waals surface area (Å²) in [5, 5.41) is 9.70. The van der Waals surface area contributed by atoms with E-state index in [4.69, 9.17) is 31.0 Å². The third-order valence-electron chi connectivity index (χ3n) is 6.16. The van der Waals surface area contributed by atoms with Gasteiger partial charge in [-0.15, -0.1) is 0 Å². The van der Waals surface area contributed by atoms with Crippen LogP contribution in [0.4, 0.5) is 5.69 Å². The first-order chi connectivity index (χ1) is 12.9. The summed E-state index contributed by atoms with van der Waals surface area (Å²) >= 11 is 6.29. The van der Waals surface area contributed by atoms with Gasteiger partial charge in [-0.1, -0.05) is 32.4 Å². The molecule has 2 heterocycles. The van der Waals surface area contributed by atoms with E-state index in [-0.39, 0.29) is 10.6 Å². The molecule has 0 amide bonds. The lowest BCUT2D eigenvalue weighted by molar-refractivity contribution is 0.203. The van der Waals surface area contributed by atoms with Crippen molar-refractivity contribution < 1.29 is 9.16 Å². The number of nitriles is 1. The van der Waals surface area contributed by atoms with Gasteiger partial charge in [-0.05, 0) is 55.8 Å². The maximum atomic E-state index is 9.13. The second-order valence-corrected chi connectivity index (χ2v) is 14.3. The predicted octanol–water partition coefficient (Wildman–Crippen LogP) is 5.52. The van der Waals surface area contributed by atoms with Crippen molar-refractivity contribution in [3.8, 4) is 6.07 Å². The van der Waals surface area contributed by atoms with Crippen LogP contribution >= 0.6 is 11.6 Å². The van der Waals surface area contributed by atoms with Crippen molar-refractivity contribution in [3.05, 3.63) is 40.1 Å². The summed E-state index contributed by atoms with van der Waals surface area (Å²) in [6, 6.07) is 6.16. The fourth-order valence-electron chi connectivity index (χ4n) is 3.11. The third kappa shape index (κ3) is 3.31. The molecule has 1 saturated heterocycles. The Morgan fingerprint density at radius 1 is 1.36 bits per heavy atom. The summed E-state index contributed by atoms with van der Waals surface area (Å²) < 4.78 is 12.6. The van der Waals surface area contributed by atoms with Gasteiger partial charge in [-0.3, -0.25) is 0 Å². The first kappa shape index (κ1) is 20.8. The van der Waals surface area contributed by atoms with Gasteiger partial charge in [-0.25, -0.2) is 0 Å². The highest BCUT2D eigenvalue weighted by molar-refractivity contribution is 6.74. The highest BCUT2D eigenvalue weighted by atomic mass is 35.5. The molecule has 2 aliphatic heterocycles. The van der Waals surface area contributed by atoms with Crippen molar-refractivity contribution in [2.75, 3.05) is 13.2 Å². The lowest BCUT2D eigenvalue weighted by Gasteiger charge is -2.40. The molecule has 0 radical (unpaired) electrons. The number of nitrogens with zero attached hydrogens (tertiary/aromatic N) is 3. The second-order valence-electron chi connectivity index (χ2n) is 9.18. The average molecular weight is 418 g/mol. The Balaban J connectivity index is 1.87. The van der Waals surface area contributed by atoms with Crippen LogP contribution in [0.3, 0.4) is 0 Å². The highest BCUT2D eigenvalue weighted by Crippen LogP contribution is 2.44. The Morgan fingerprint density at radius 3 is 2.64 bits per heavy atom. The van der Waals surface area contributed by atoms with Gasteiger partial charge in [0.25, 0.3) is 6.02 Å². The molecule has 0 aliphatic carbocycles. The normalized spacial score (nSPS) is 23.3. The molecule has 0 bridgehead atoms. The Kier molecular flexibility index (Phi) is 5.05. The van der Waals surface area contributed by atoms with Crippen molar-refractivity contribution in [1.29, 1.82) is 5.26 Å². The zero-order valence-electron chi connectivity index (χ0n) is 17.7. The van der Waals surface area contributed by atoms with Crippen molar-refractivity contribution in [2.24, 2.45) is 4.99 Å². The minimum absolute atomic E-state index is 0.129. The van der Waals surface area contributed by atoms with Gasteiger partial charge in [0.1, 0.15) is 24.0 Å². The molecule has 3 rings (SSSR count). The van der Waals surface area contributed by atoms with Crippen LogP contribution in [0.1, 0.15) is 38.8 Å². The Bertz CT molecular complexity index is 911. The largest absolute Gasteiger partial charge is 0.545 e. The van der Waals surface area contributed by atoms with Gasteiger partial charge in [0.05, 0.1) is 16.3 Å². The summed E-state index contributed by atoms with van der Waals surface area (Å²) in [7, 11) is -1.94. The Morgan fingerprint density at radius 2 is 2.04 bits per heavy atom. The third-order valence-corrected chi connectivity index (χ3v) is 11.0. The fraction of sp³-hybridized carbons (Fsp3) is 0.524. The molecule has 150 valence electrons. The van der Waals surface area contributed by atoms with Gasteiger partial charge >= 0.3 is 0 Å². The van der Waals surface area contributed by atoms with E-state index < -0.39 is 8.32 Å². The molecular weight excluding hydrogens is 390 g/mol. The molecule has 0 N–H and O–H groups in total. The van der Waals surface area contributed by atoms with Crippen LogP contribution in [0.15, 0.2) is 29.0 Å². The van der Waals surface area contributed by atoms with E-state index in [0.717, 1.165) is 11.3 Å². The van der Waals surface area contributed by atoms with E-state index in [9.17, 15) is 0 Å². The van der Waals surface area contributed by atoms with E-state index >= 15 is 0 Å². The molecule has 28 heavy (non-hydrogen) atoms. The van der Waals surface area contributed by atoms with E-state index in [2.05, 4.69) is 57.8 Å². The van der Waals surface area contributed by atoms with Crippen LogP contribution < -0.4 is 0 Å². The summed E-state index contributed by atoms with van der Waals surface area (Å²) in [5.41, 5.74) is 1.59. The SMILES string of the molecule is Cc1c(/N=C2\OC[C@]3(C)C(O[Si](C)(C)C(C)(C)C)=CCN23)ccc(C#N)c1Cl. The van der Waals surface area contributed by atoms with Gasteiger partial charge in [0.15, 0.2) is 0 Å². The summed E-state index contributed by atoms with van der Waals surface area (Å²) in [6.45, 7) is 16.4. The van der Waals surface area contributed by atoms with E-state index in [1.165, 1.54) is 0 Å². The quantitative estimate of drug-likeness (QED) is 0.607. The predicted molar refractivity (Wildman–Crippen MR) is 115 cm³/mol. The maximum Gasteiger partial charge on any atom is 0.293 e. The molecule has 1 aromatic carbocycles. The smallest absolute Gasteiger partial charge is 0.293 e. The molecule has 1 aromatic rings. The maximum absolute atomic E-state index is 9.13. The standard InChI is InChI=1S/C21H28ClN3O2Si/c1-14-16(9-8-15(12-23)18(14)22)24-19-25-11-10-17(21(25,5)13-26-19)27-28(6,7)20(2,3)4/h8-10H,11,13H2,1-7H3/b24-19-/t21-/m1/s1. The molecule has 7 heteroatoms. The number of hydrogen-bond acceptors (Lipinski definition) is 4. The number of hydrogen-bond donors (Lipinski definition) is 0. The van der Waals surface area contributed by atoms with Gasteiger partial charge < -0.3 is 14.1 Å². The van der Waals surface area contributed by atoms with Crippen molar-refractivity contribution in [2.45, 2.75) is 58.3 Å². The van der Waals surface area contributed by atoms with Crippen LogP contribution in [0.2, 0.25) is 23.2 Å². The summed E-state index contributed by atoms with van der Waals surface area (Å²) in [6.07, 6.45) is 2.15. The first-order valence-electron chi connectivity index (χ1n) is 9.49. The van der Waals surface area contributed by atoms with E-state index in [0.29, 0.717) is 35.4 Å². The van der Waals surface area contributed by atoms with Crippen LogP contribution in [0.25, 0.3) is 0 Å². The number of ether oxygens (including phenoxy) is 1. The second kappa shape index (κ2) is 6.82. The highest BCUT2D eigenvalue weighted by Gasteiger charge is 2.52. The molecular formula is C21H28ClN3O2Si. The fourth-order valence-corrected chi connectivity index (χ4v) is 4.47. The topological polar surface area (TPSA) is 57.9 Å². The molecule has 0 unspecified atom stereocenters. The van der Waals surface area contributed by atoms with Crippen molar-refractivity contribution >= 4 is 31.6 Å². The van der Waals surface area contributed by atoms with Gasteiger partial charge in [0, 0.05) is 6.54 Å². The summed E-state index contributed by atoms with van der Waals surface area (Å²) in [5.74, 6) is 0.985. The van der Waals surface area contributed by atoms with Crippen LogP contribution in [0, 0.1) is 18.3 Å². The van der Waals surface area contributed by atoms with E-state index in [1.807, 2.05) is 13.0 Å². The minimum Gasteiger partial charge on any atom is -0.545 e. The van der Waals surface area contributed by atoms with Crippen molar-refractivity contribution in [3.63, 3.8) is 0 Å². The number of rotatable bonds is 3. The van der Waals surface area contributed by atoms with Gasteiger partial charge in [-0.2, -0.15) is 10.3 Å². The first-order valence-corrected chi connectivity index (χ1v) is 12.8.